The fraction of sp³-hybridized carbons (Fsp3) is 0.320. The molecule has 1 aliphatic rings. The molecule has 2 amide bonds. The number of aromatic nitrogens is 2. The van der Waals surface area contributed by atoms with Gasteiger partial charge in [0.25, 0.3) is 5.91 Å². The molecule has 0 spiro atoms. The van der Waals surface area contributed by atoms with E-state index in [0.29, 0.717) is 35.0 Å². The summed E-state index contributed by atoms with van der Waals surface area (Å²) in [5.41, 5.74) is 4.11. The number of hydrogen-bond donors (Lipinski definition) is 3. The number of hydrogen-bond acceptors (Lipinski definition) is 4. The largest absolute Gasteiger partial charge is 0.507 e. The fourth-order valence-electron chi connectivity index (χ4n) is 3.83. The Hall–Kier alpha value is -3.61. The molecule has 1 aromatic heterocycles. The number of carbonyl (C=O) groups excluding carboxylic acids is 2. The molecule has 2 aromatic carbocycles. The highest BCUT2D eigenvalue weighted by Crippen LogP contribution is 2.39. The second-order valence-corrected chi connectivity index (χ2v) is 8.07. The number of rotatable bonds is 6. The van der Waals surface area contributed by atoms with Crippen LogP contribution in [-0.4, -0.2) is 33.4 Å². The van der Waals surface area contributed by atoms with Crippen LogP contribution in [0.2, 0.25) is 0 Å². The van der Waals surface area contributed by atoms with E-state index in [1.165, 1.54) is 10.7 Å². The van der Waals surface area contributed by atoms with E-state index in [-0.39, 0.29) is 17.7 Å². The minimum Gasteiger partial charge on any atom is -0.507 e. The molecule has 32 heavy (non-hydrogen) atoms. The summed E-state index contributed by atoms with van der Waals surface area (Å²) < 4.78 is 1.41. The molecule has 0 radical (unpaired) electrons. The maximum atomic E-state index is 12.5. The lowest BCUT2D eigenvalue weighted by atomic mass is 9.82. The molecule has 1 fully saturated rings. The van der Waals surface area contributed by atoms with Crippen molar-refractivity contribution < 1.29 is 14.7 Å². The van der Waals surface area contributed by atoms with Gasteiger partial charge in [-0.3, -0.25) is 4.79 Å². The summed E-state index contributed by atoms with van der Waals surface area (Å²) in [5, 5.41) is 20.7. The summed E-state index contributed by atoms with van der Waals surface area (Å²) in [5.74, 6) is 0.0519. The Morgan fingerprint density at radius 1 is 1.09 bits per heavy atom. The number of carbonyl (C=O) groups is 2. The molecule has 0 aliphatic heterocycles. The van der Waals surface area contributed by atoms with Crippen molar-refractivity contribution >= 4 is 17.6 Å². The van der Waals surface area contributed by atoms with Gasteiger partial charge in [-0.25, -0.2) is 4.79 Å². The van der Waals surface area contributed by atoms with Crippen LogP contribution in [0, 0.1) is 0 Å². The van der Waals surface area contributed by atoms with Gasteiger partial charge in [0, 0.05) is 35.3 Å². The van der Waals surface area contributed by atoms with Crippen LogP contribution in [0.5, 0.6) is 5.75 Å². The van der Waals surface area contributed by atoms with Crippen molar-refractivity contribution in [3.05, 3.63) is 65.4 Å². The quantitative estimate of drug-likeness (QED) is 0.515. The third kappa shape index (κ3) is 4.37. The van der Waals surface area contributed by atoms with Crippen LogP contribution < -0.4 is 10.6 Å². The van der Waals surface area contributed by atoms with Crippen LogP contribution in [0.25, 0.3) is 11.3 Å². The third-order valence-electron chi connectivity index (χ3n) is 5.94. The van der Waals surface area contributed by atoms with Crippen molar-refractivity contribution in [3.8, 4) is 17.0 Å². The molecule has 0 saturated heterocycles. The van der Waals surface area contributed by atoms with E-state index in [9.17, 15) is 14.7 Å². The van der Waals surface area contributed by atoms with Gasteiger partial charge in [0.2, 0.25) is 0 Å². The molecule has 7 nitrogen and oxygen atoms in total. The number of phenolic OH excluding ortho intramolecular Hbond substituents is 1. The Morgan fingerprint density at radius 2 is 1.84 bits per heavy atom. The van der Waals surface area contributed by atoms with Gasteiger partial charge in [-0.2, -0.15) is 9.78 Å². The van der Waals surface area contributed by atoms with Gasteiger partial charge >= 0.3 is 6.03 Å². The lowest BCUT2D eigenvalue weighted by Crippen LogP contribution is -2.31. The van der Waals surface area contributed by atoms with E-state index < -0.39 is 0 Å². The van der Waals surface area contributed by atoms with Crippen molar-refractivity contribution in [1.82, 2.24) is 15.1 Å². The minimum atomic E-state index is -0.266. The zero-order valence-electron chi connectivity index (χ0n) is 18.4. The molecule has 1 saturated carbocycles. The summed E-state index contributed by atoms with van der Waals surface area (Å²) in [6.45, 7) is 4.44. The Kier molecular flexibility index (Phi) is 6.25. The monoisotopic (exact) mass is 432 g/mol. The van der Waals surface area contributed by atoms with E-state index in [4.69, 9.17) is 0 Å². The molecule has 0 atom stereocenters. The maximum absolute atomic E-state index is 12.5. The van der Waals surface area contributed by atoms with E-state index >= 15 is 0 Å². The molecular weight excluding hydrogens is 404 g/mol. The molecule has 1 heterocycles. The van der Waals surface area contributed by atoms with Crippen molar-refractivity contribution in [3.63, 3.8) is 0 Å². The van der Waals surface area contributed by atoms with Gasteiger partial charge in [0.05, 0.1) is 11.4 Å². The zero-order valence-corrected chi connectivity index (χ0v) is 18.4. The molecular formula is C25H28N4O3. The first-order chi connectivity index (χ1) is 15.5. The first-order valence-electron chi connectivity index (χ1n) is 11.1. The van der Waals surface area contributed by atoms with Crippen molar-refractivity contribution in [2.45, 2.75) is 45.4 Å². The Morgan fingerprint density at radius 3 is 2.44 bits per heavy atom. The van der Waals surface area contributed by atoms with Crippen LogP contribution >= 0.6 is 0 Å². The topological polar surface area (TPSA) is 96.3 Å². The highest BCUT2D eigenvalue weighted by molar-refractivity contribution is 6.04. The Bertz CT molecular complexity index is 1130. The molecule has 7 heteroatoms. The predicted molar refractivity (Wildman–Crippen MR) is 124 cm³/mol. The molecule has 4 rings (SSSR count). The van der Waals surface area contributed by atoms with Crippen LogP contribution in [-0.2, 0) is 6.42 Å². The summed E-state index contributed by atoms with van der Waals surface area (Å²) in [4.78, 5) is 25.0. The molecule has 3 N–H and O–H groups in total. The lowest BCUT2D eigenvalue weighted by molar-refractivity contribution is 0.102. The second kappa shape index (κ2) is 9.26. The molecule has 1 aliphatic carbocycles. The first kappa shape index (κ1) is 21.6. The van der Waals surface area contributed by atoms with Crippen LogP contribution in [0.3, 0.4) is 0 Å². The van der Waals surface area contributed by atoms with Gasteiger partial charge in [0.15, 0.2) is 0 Å². The highest BCUT2D eigenvalue weighted by Gasteiger charge is 2.27. The van der Waals surface area contributed by atoms with E-state index in [1.54, 1.807) is 24.3 Å². The number of benzene rings is 2. The summed E-state index contributed by atoms with van der Waals surface area (Å²) in [7, 11) is 0. The number of anilines is 1. The molecule has 0 bridgehead atoms. The summed E-state index contributed by atoms with van der Waals surface area (Å²) in [6.07, 6.45) is 4.11. The fourth-order valence-corrected chi connectivity index (χ4v) is 3.83. The number of aryl methyl sites for hydroxylation is 1. The van der Waals surface area contributed by atoms with Crippen LogP contribution in [0.4, 0.5) is 10.5 Å². The van der Waals surface area contributed by atoms with Gasteiger partial charge in [-0.1, -0.05) is 25.5 Å². The number of phenols is 1. The molecule has 0 unspecified atom stereocenters. The van der Waals surface area contributed by atoms with E-state index in [2.05, 4.69) is 22.7 Å². The van der Waals surface area contributed by atoms with E-state index in [0.717, 1.165) is 36.9 Å². The standard InChI is InChI=1S/C25H28N4O3/c1-3-16-8-10-18(11-9-16)24(31)27-19-12-13-20(23(30)14-19)21-15-22(17-6-5-7-17)29(28-21)25(32)26-4-2/h8-15,17,30H,3-7H2,1-2H3,(H,26,32)(H,27,31). The number of nitrogens with one attached hydrogen (secondary N) is 2. The Balaban J connectivity index is 1.56. The van der Waals surface area contributed by atoms with Gasteiger partial charge in [-0.05, 0) is 62.1 Å². The number of aromatic hydroxyl groups is 1. The van der Waals surface area contributed by atoms with Gasteiger partial charge < -0.3 is 15.7 Å². The van der Waals surface area contributed by atoms with Crippen molar-refractivity contribution in [1.29, 1.82) is 0 Å². The first-order valence-corrected chi connectivity index (χ1v) is 11.1. The van der Waals surface area contributed by atoms with Crippen molar-refractivity contribution in [2.24, 2.45) is 0 Å². The maximum Gasteiger partial charge on any atom is 0.342 e. The zero-order chi connectivity index (χ0) is 22.7. The average Bonchev–Trinajstić information content (AvgIpc) is 3.17. The number of nitrogens with zero attached hydrogens (tertiary/aromatic N) is 2. The summed E-state index contributed by atoms with van der Waals surface area (Å²) in [6, 6.07) is 14.0. The van der Waals surface area contributed by atoms with Gasteiger partial charge in [-0.15, -0.1) is 0 Å². The van der Waals surface area contributed by atoms with Crippen molar-refractivity contribution in [2.75, 3.05) is 11.9 Å². The predicted octanol–water partition coefficient (Wildman–Crippen LogP) is 4.92. The van der Waals surface area contributed by atoms with Crippen LogP contribution in [0.15, 0.2) is 48.5 Å². The summed E-state index contributed by atoms with van der Waals surface area (Å²) >= 11 is 0. The smallest absolute Gasteiger partial charge is 0.342 e. The SMILES string of the molecule is CCNC(=O)n1nc(-c2ccc(NC(=O)c3ccc(CC)cc3)cc2O)cc1C1CCC1. The van der Waals surface area contributed by atoms with E-state index in [1.807, 2.05) is 25.1 Å². The minimum absolute atomic E-state index is 0.00941. The third-order valence-corrected chi connectivity index (χ3v) is 5.94. The van der Waals surface area contributed by atoms with Crippen LogP contribution in [0.1, 0.15) is 60.6 Å². The molecule has 166 valence electrons. The Labute approximate surface area is 187 Å². The highest BCUT2D eigenvalue weighted by atomic mass is 16.3. The molecule has 3 aromatic rings. The normalized spacial score (nSPS) is 13.4. The second-order valence-electron chi connectivity index (χ2n) is 8.07. The number of amides is 2. The average molecular weight is 433 g/mol. The lowest BCUT2D eigenvalue weighted by Gasteiger charge is -2.25. The van der Waals surface area contributed by atoms with Gasteiger partial charge in [0.1, 0.15) is 5.75 Å².